The van der Waals surface area contributed by atoms with Crippen molar-refractivity contribution in [3.63, 3.8) is 0 Å². The lowest BCUT2D eigenvalue weighted by molar-refractivity contribution is 0.0697. The van der Waals surface area contributed by atoms with E-state index in [1.807, 2.05) is 0 Å². The van der Waals surface area contributed by atoms with Crippen LogP contribution >= 0.6 is 0 Å². The summed E-state index contributed by atoms with van der Waals surface area (Å²) in [5.41, 5.74) is 0.404. The van der Waals surface area contributed by atoms with Gasteiger partial charge in [-0.15, -0.1) is 0 Å². The van der Waals surface area contributed by atoms with Crippen LogP contribution in [0.4, 0.5) is 5.69 Å². The maximum absolute atomic E-state index is 11.9. The Balaban J connectivity index is 2.13. The van der Waals surface area contributed by atoms with Gasteiger partial charge in [0.2, 0.25) is 10.0 Å². The van der Waals surface area contributed by atoms with Crippen molar-refractivity contribution in [2.24, 2.45) is 0 Å². The number of hydrogen-bond donors (Lipinski definition) is 3. The Morgan fingerprint density at radius 1 is 1.63 bits per heavy atom. The van der Waals surface area contributed by atoms with Gasteiger partial charge in [0.05, 0.1) is 17.5 Å². The lowest BCUT2D eigenvalue weighted by Gasteiger charge is -2.11. The van der Waals surface area contributed by atoms with Gasteiger partial charge in [0.15, 0.2) is 0 Å². The fourth-order valence-electron chi connectivity index (χ4n) is 2.11. The van der Waals surface area contributed by atoms with E-state index >= 15 is 0 Å². The van der Waals surface area contributed by atoms with Crippen LogP contribution in [0.3, 0.4) is 0 Å². The number of carboxylic acid groups (broad SMARTS) is 1. The average molecular weight is 288 g/mol. The number of anilines is 1. The van der Waals surface area contributed by atoms with Crippen LogP contribution in [0.1, 0.15) is 28.9 Å². The van der Waals surface area contributed by atoms with Crippen LogP contribution in [-0.4, -0.2) is 42.9 Å². The van der Waals surface area contributed by atoms with E-state index in [0.29, 0.717) is 18.7 Å². The number of ether oxygens (including phenoxy) is 1. The summed E-state index contributed by atoms with van der Waals surface area (Å²) in [7, 11) is -3.62. The van der Waals surface area contributed by atoms with Crippen molar-refractivity contribution in [1.29, 1.82) is 0 Å². The molecule has 1 aliphatic heterocycles. The minimum absolute atomic E-state index is 0.0583. The van der Waals surface area contributed by atoms with Gasteiger partial charge in [0, 0.05) is 18.5 Å². The van der Waals surface area contributed by atoms with E-state index in [1.54, 1.807) is 6.92 Å². The summed E-state index contributed by atoms with van der Waals surface area (Å²) in [6, 6.07) is 0. The van der Waals surface area contributed by atoms with E-state index in [9.17, 15) is 13.2 Å². The number of aryl methyl sites for hydroxylation is 1. The fourth-order valence-corrected chi connectivity index (χ4v) is 3.44. The molecule has 1 fully saturated rings. The molecule has 1 unspecified atom stereocenters. The van der Waals surface area contributed by atoms with Crippen LogP contribution in [0.2, 0.25) is 0 Å². The summed E-state index contributed by atoms with van der Waals surface area (Å²) < 4.78 is 31.4. The Hall–Kier alpha value is -1.54. The molecule has 106 valence electrons. The molecule has 0 amide bonds. The van der Waals surface area contributed by atoms with E-state index in [2.05, 4.69) is 9.71 Å². The largest absolute Gasteiger partial charge is 0.478 e. The van der Waals surface area contributed by atoms with Crippen LogP contribution < -0.4 is 4.72 Å². The minimum Gasteiger partial charge on any atom is -0.478 e. The van der Waals surface area contributed by atoms with Crippen LogP contribution in [0.5, 0.6) is 0 Å². The van der Waals surface area contributed by atoms with Crippen LogP contribution in [0.25, 0.3) is 0 Å². The number of aromatic nitrogens is 1. The first-order valence-corrected chi connectivity index (χ1v) is 7.57. The number of aromatic carboxylic acids is 1. The number of carbonyl (C=O) groups is 1. The molecule has 1 atom stereocenters. The van der Waals surface area contributed by atoms with E-state index in [-0.39, 0.29) is 23.1 Å². The van der Waals surface area contributed by atoms with Gasteiger partial charge in [0.1, 0.15) is 5.56 Å². The topological polar surface area (TPSA) is 108 Å². The Morgan fingerprint density at radius 2 is 2.37 bits per heavy atom. The summed E-state index contributed by atoms with van der Waals surface area (Å²) >= 11 is 0. The molecule has 1 aliphatic rings. The molecule has 0 saturated carbocycles. The molecule has 8 heteroatoms. The van der Waals surface area contributed by atoms with Gasteiger partial charge >= 0.3 is 5.97 Å². The number of nitrogens with one attached hydrogen (secondary N) is 2. The molecule has 0 radical (unpaired) electrons. The number of hydrogen-bond acceptors (Lipinski definition) is 4. The van der Waals surface area contributed by atoms with Crippen molar-refractivity contribution in [1.82, 2.24) is 4.98 Å². The Morgan fingerprint density at radius 3 is 2.95 bits per heavy atom. The van der Waals surface area contributed by atoms with E-state index < -0.39 is 16.0 Å². The third-order valence-corrected chi connectivity index (χ3v) is 4.33. The van der Waals surface area contributed by atoms with Gasteiger partial charge in [-0.05, 0) is 19.8 Å². The Labute approximate surface area is 111 Å². The molecule has 1 aromatic heterocycles. The molecule has 0 spiro atoms. The number of carboxylic acids is 1. The average Bonchev–Trinajstić information content (AvgIpc) is 2.87. The highest BCUT2D eigenvalue weighted by atomic mass is 32.2. The molecule has 2 rings (SSSR count). The predicted molar refractivity (Wildman–Crippen MR) is 68.9 cm³/mol. The Kier molecular flexibility index (Phi) is 3.81. The van der Waals surface area contributed by atoms with Crippen molar-refractivity contribution in [3.8, 4) is 0 Å². The standard InChI is InChI=1S/C11H16N2O5S/c1-7-10(11(14)15)9(5-12-7)13-19(16,17)6-8-3-2-4-18-8/h5,8,12-13H,2-4,6H2,1H3,(H,14,15). The monoisotopic (exact) mass is 288 g/mol. The smallest absolute Gasteiger partial charge is 0.339 e. The lowest BCUT2D eigenvalue weighted by Crippen LogP contribution is -2.26. The predicted octanol–water partition coefficient (Wildman–Crippen LogP) is 0.942. The molecule has 2 heterocycles. The molecule has 1 aromatic rings. The molecule has 0 bridgehead atoms. The lowest BCUT2D eigenvalue weighted by atomic mass is 10.2. The van der Waals surface area contributed by atoms with Gasteiger partial charge in [-0.1, -0.05) is 0 Å². The van der Waals surface area contributed by atoms with Crippen LogP contribution in [0, 0.1) is 6.92 Å². The fraction of sp³-hybridized carbons (Fsp3) is 0.545. The van der Waals surface area contributed by atoms with Crippen molar-refractivity contribution >= 4 is 21.7 Å². The first-order valence-electron chi connectivity index (χ1n) is 5.92. The molecule has 0 aromatic carbocycles. The van der Waals surface area contributed by atoms with E-state index in [4.69, 9.17) is 9.84 Å². The molecule has 19 heavy (non-hydrogen) atoms. The number of aromatic amines is 1. The zero-order chi connectivity index (χ0) is 14.0. The van der Waals surface area contributed by atoms with Gasteiger partial charge < -0.3 is 14.8 Å². The van der Waals surface area contributed by atoms with Gasteiger partial charge in [-0.25, -0.2) is 13.2 Å². The number of H-pyrrole nitrogens is 1. The molecule has 0 aliphatic carbocycles. The summed E-state index contributed by atoms with van der Waals surface area (Å²) in [4.78, 5) is 13.8. The van der Waals surface area contributed by atoms with Crippen molar-refractivity contribution in [2.75, 3.05) is 17.1 Å². The van der Waals surface area contributed by atoms with Crippen molar-refractivity contribution in [2.45, 2.75) is 25.9 Å². The van der Waals surface area contributed by atoms with Crippen LogP contribution in [0.15, 0.2) is 6.20 Å². The second-order valence-electron chi connectivity index (χ2n) is 4.53. The number of sulfonamides is 1. The normalized spacial score (nSPS) is 19.5. The summed E-state index contributed by atoms with van der Waals surface area (Å²) in [6.45, 7) is 2.14. The first kappa shape index (κ1) is 13.9. The van der Waals surface area contributed by atoms with Crippen molar-refractivity contribution < 1.29 is 23.1 Å². The maximum atomic E-state index is 11.9. The second kappa shape index (κ2) is 5.22. The summed E-state index contributed by atoms with van der Waals surface area (Å²) in [5, 5.41) is 9.04. The van der Waals surface area contributed by atoms with E-state index in [1.165, 1.54) is 6.20 Å². The van der Waals surface area contributed by atoms with Crippen LogP contribution in [-0.2, 0) is 14.8 Å². The number of rotatable bonds is 5. The van der Waals surface area contributed by atoms with E-state index in [0.717, 1.165) is 6.42 Å². The highest BCUT2D eigenvalue weighted by Gasteiger charge is 2.25. The molecule has 1 saturated heterocycles. The Bertz CT molecular complexity index is 572. The molecule has 7 nitrogen and oxygen atoms in total. The third kappa shape index (κ3) is 3.27. The second-order valence-corrected chi connectivity index (χ2v) is 6.29. The van der Waals surface area contributed by atoms with Gasteiger partial charge in [-0.2, -0.15) is 0 Å². The summed E-state index contributed by atoms with van der Waals surface area (Å²) in [5.74, 6) is -1.33. The van der Waals surface area contributed by atoms with Gasteiger partial charge in [-0.3, -0.25) is 4.72 Å². The summed E-state index contributed by atoms with van der Waals surface area (Å²) in [6.07, 6.45) is 2.58. The van der Waals surface area contributed by atoms with Gasteiger partial charge in [0.25, 0.3) is 0 Å². The quantitative estimate of drug-likeness (QED) is 0.747. The molecular weight excluding hydrogens is 272 g/mol. The molecular formula is C11H16N2O5S. The third-order valence-electron chi connectivity index (χ3n) is 2.99. The zero-order valence-corrected chi connectivity index (χ0v) is 11.3. The highest BCUT2D eigenvalue weighted by Crippen LogP contribution is 2.21. The first-order chi connectivity index (χ1) is 8.89. The maximum Gasteiger partial charge on any atom is 0.339 e. The SMILES string of the molecule is Cc1[nH]cc(NS(=O)(=O)CC2CCCO2)c1C(=O)O. The highest BCUT2D eigenvalue weighted by molar-refractivity contribution is 7.92. The zero-order valence-electron chi connectivity index (χ0n) is 10.5. The van der Waals surface area contributed by atoms with Crippen molar-refractivity contribution in [3.05, 3.63) is 17.5 Å². The minimum atomic E-state index is -3.62. The molecule has 3 N–H and O–H groups in total.